The van der Waals surface area contributed by atoms with Crippen LogP contribution in [0.25, 0.3) is 0 Å². The zero-order valence-corrected chi connectivity index (χ0v) is 18.9. The molecule has 0 aromatic heterocycles. The van der Waals surface area contributed by atoms with Crippen molar-refractivity contribution in [2.75, 3.05) is 20.7 Å². The van der Waals surface area contributed by atoms with Gasteiger partial charge in [-0.3, -0.25) is 0 Å². The van der Waals surface area contributed by atoms with E-state index in [4.69, 9.17) is 18.9 Å². The summed E-state index contributed by atoms with van der Waals surface area (Å²) in [5.41, 5.74) is 2.00. The first-order chi connectivity index (χ1) is 16.3. The average Bonchev–Trinajstić information content (AvgIpc) is 3.17. The van der Waals surface area contributed by atoms with Gasteiger partial charge >= 0.3 is 5.97 Å². The first-order valence-electron chi connectivity index (χ1n) is 11.6. The molecule has 3 aliphatic heterocycles. The van der Waals surface area contributed by atoms with Crippen molar-refractivity contribution in [3.63, 3.8) is 0 Å². The van der Waals surface area contributed by atoms with Crippen LogP contribution in [-0.2, 0) is 26.1 Å². The molecule has 1 unspecified atom stereocenters. The van der Waals surface area contributed by atoms with Gasteiger partial charge in [-0.15, -0.1) is 0 Å². The van der Waals surface area contributed by atoms with Crippen molar-refractivity contribution in [1.82, 2.24) is 4.90 Å². The molecule has 5 aliphatic rings. The van der Waals surface area contributed by atoms with Crippen molar-refractivity contribution in [2.45, 2.75) is 67.2 Å². The van der Waals surface area contributed by atoms with E-state index in [1.54, 1.807) is 7.11 Å². The first-order valence-corrected chi connectivity index (χ1v) is 11.6. The number of aliphatic hydroxyl groups excluding tert-OH is 3. The number of benzene rings is 1. The number of carboxylic acid groups (broad SMARTS) is 1. The molecule has 2 aliphatic carbocycles. The molecule has 1 aromatic rings. The predicted molar refractivity (Wildman–Crippen MR) is 116 cm³/mol. The van der Waals surface area contributed by atoms with Gasteiger partial charge in [0, 0.05) is 22.9 Å². The van der Waals surface area contributed by atoms with Gasteiger partial charge in [-0.25, -0.2) is 4.79 Å². The summed E-state index contributed by atoms with van der Waals surface area (Å²) in [4.78, 5) is 13.9. The number of ether oxygens (including phenoxy) is 4. The lowest BCUT2D eigenvalue weighted by atomic mass is 9.53. The normalized spacial score (nSPS) is 44.3. The SMILES string of the molecule is COc1ccc2c3c1O[C@H]1[C@@H](O[C@@H]4O[C@H](C(=O)O)[C@@H](O)C(O)[C@H]4O)C=C[C@H]4[C@@H](C2)N(C)CC[C@@]341. The highest BCUT2D eigenvalue weighted by Crippen LogP contribution is 2.62. The van der Waals surface area contributed by atoms with Crippen molar-refractivity contribution in [3.8, 4) is 11.5 Å². The second kappa shape index (κ2) is 7.64. The van der Waals surface area contributed by atoms with Gasteiger partial charge in [-0.2, -0.15) is 0 Å². The summed E-state index contributed by atoms with van der Waals surface area (Å²) in [6.45, 7) is 0.881. The molecule has 3 heterocycles. The molecule has 6 rings (SSSR count). The minimum Gasteiger partial charge on any atom is -0.493 e. The molecule has 34 heavy (non-hydrogen) atoms. The van der Waals surface area contributed by atoms with Gasteiger partial charge in [0.15, 0.2) is 23.9 Å². The van der Waals surface area contributed by atoms with E-state index in [0.717, 1.165) is 24.9 Å². The molecule has 4 N–H and O–H groups in total. The summed E-state index contributed by atoms with van der Waals surface area (Å²) in [5, 5.41) is 40.1. The Morgan fingerprint density at radius 1 is 1.18 bits per heavy atom. The molecule has 10 atom stereocenters. The minimum atomic E-state index is -1.77. The molecular formula is C24H29NO9. The Bertz CT molecular complexity index is 1050. The number of carboxylic acids is 1. The largest absolute Gasteiger partial charge is 0.493 e. The van der Waals surface area contributed by atoms with E-state index >= 15 is 0 Å². The van der Waals surface area contributed by atoms with E-state index in [1.165, 1.54) is 5.56 Å². The van der Waals surface area contributed by atoms with Gasteiger partial charge in [0.05, 0.1) is 7.11 Å². The zero-order valence-electron chi connectivity index (χ0n) is 18.9. The van der Waals surface area contributed by atoms with Crippen LogP contribution >= 0.6 is 0 Å². The Morgan fingerprint density at radius 3 is 2.71 bits per heavy atom. The number of aliphatic hydroxyl groups is 3. The molecule has 1 aromatic carbocycles. The van der Waals surface area contributed by atoms with Crippen LogP contribution < -0.4 is 9.47 Å². The number of piperidine rings is 1. The maximum atomic E-state index is 11.5. The van der Waals surface area contributed by atoms with Crippen LogP contribution in [0.5, 0.6) is 11.5 Å². The lowest BCUT2D eigenvalue weighted by Gasteiger charge is -2.57. The summed E-state index contributed by atoms with van der Waals surface area (Å²) in [6, 6.07) is 4.32. The number of carbonyl (C=O) groups is 1. The molecular weight excluding hydrogens is 446 g/mol. The molecule has 10 nitrogen and oxygen atoms in total. The topological polar surface area (TPSA) is 138 Å². The van der Waals surface area contributed by atoms with E-state index in [-0.39, 0.29) is 11.3 Å². The number of hydrogen-bond acceptors (Lipinski definition) is 9. The summed E-state index contributed by atoms with van der Waals surface area (Å²) in [7, 11) is 3.75. The Labute approximate surface area is 196 Å². The third kappa shape index (κ3) is 2.81. The third-order valence-corrected chi connectivity index (χ3v) is 8.44. The smallest absolute Gasteiger partial charge is 0.335 e. The van der Waals surface area contributed by atoms with Crippen molar-refractivity contribution in [1.29, 1.82) is 0 Å². The first kappa shape index (κ1) is 22.3. The molecule has 184 valence electrons. The predicted octanol–water partition coefficient (Wildman–Crippen LogP) is -0.582. The van der Waals surface area contributed by atoms with Gasteiger partial charge < -0.3 is 44.3 Å². The van der Waals surface area contributed by atoms with Crippen LogP contribution in [-0.4, -0.2) is 101 Å². The van der Waals surface area contributed by atoms with Gasteiger partial charge in [0.2, 0.25) is 0 Å². The monoisotopic (exact) mass is 475 g/mol. The Balaban J connectivity index is 1.39. The van der Waals surface area contributed by atoms with E-state index in [1.807, 2.05) is 12.1 Å². The van der Waals surface area contributed by atoms with Crippen LogP contribution in [0, 0.1) is 5.92 Å². The van der Waals surface area contributed by atoms with Gasteiger partial charge in [-0.05, 0) is 38.1 Å². The van der Waals surface area contributed by atoms with Gasteiger partial charge in [0.1, 0.15) is 30.5 Å². The fourth-order valence-electron chi connectivity index (χ4n) is 6.81. The summed E-state index contributed by atoms with van der Waals surface area (Å²) < 4.78 is 23.7. The number of nitrogens with zero attached hydrogens (tertiary/aromatic N) is 1. The standard InChI is InChI=1S/C24H29NO9/c1-25-8-7-24-11-4-6-14(32-23-18(28)16(26)17(27)20(34-23)22(29)30)21(24)33-19-13(31-2)5-3-10(15(19)24)9-12(11)25/h3-6,11-12,14,16-18,20-21,23,26-28H,7-9H2,1-2H3,(H,29,30)/t11-,12+,14-,16?,17-,18+,20-,21-,23+,24-/m0/s1. The van der Waals surface area contributed by atoms with Crippen molar-refractivity contribution >= 4 is 5.97 Å². The van der Waals surface area contributed by atoms with Crippen LogP contribution in [0.1, 0.15) is 17.5 Å². The third-order valence-electron chi connectivity index (χ3n) is 8.44. The van der Waals surface area contributed by atoms with Crippen LogP contribution in [0.3, 0.4) is 0 Å². The molecule has 0 amide bonds. The maximum Gasteiger partial charge on any atom is 0.335 e. The number of aliphatic carboxylic acids is 1. The van der Waals surface area contributed by atoms with E-state index in [2.05, 4.69) is 24.1 Å². The van der Waals surface area contributed by atoms with E-state index in [0.29, 0.717) is 17.5 Å². The Hall–Kier alpha value is -2.21. The van der Waals surface area contributed by atoms with Crippen molar-refractivity contribution in [2.24, 2.45) is 5.92 Å². The highest BCUT2D eigenvalue weighted by atomic mass is 16.7. The molecule has 10 heteroatoms. The Morgan fingerprint density at radius 2 is 1.97 bits per heavy atom. The molecule has 1 spiro atoms. The van der Waals surface area contributed by atoms with Crippen LogP contribution in [0.15, 0.2) is 24.3 Å². The number of rotatable bonds is 4. The molecule has 2 fully saturated rings. The second-order valence-corrected chi connectivity index (χ2v) is 9.96. The van der Waals surface area contributed by atoms with Crippen LogP contribution in [0.2, 0.25) is 0 Å². The molecule has 2 saturated heterocycles. The van der Waals surface area contributed by atoms with Gasteiger partial charge in [-0.1, -0.05) is 18.2 Å². The lowest BCUT2D eigenvalue weighted by molar-refractivity contribution is -0.307. The van der Waals surface area contributed by atoms with Gasteiger partial charge in [0.25, 0.3) is 0 Å². The number of likely N-dealkylation sites (tertiary alicyclic amines) is 1. The lowest BCUT2D eigenvalue weighted by Crippen LogP contribution is -2.66. The zero-order chi connectivity index (χ0) is 23.9. The number of hydrogen-bond donors (Lipinski definition) is 4. The van der Waals surface area contributed by atoms with Crippen LogP contribution in [0.4, 0.5) is 0 Å². The van der Waals surface area contributed by atoms with E-state index in [9.17, 15) is 25.2 Å². The molecule has 0 radical (unpaired) electrons. The molecule has 0 saturated carbocycles. The van der Waals surface area contributed by atoms with Crippen molar-refractivity contribution < 1.29 is 44.2 Å². The average molecular weight is 475 g/mol. The summed E-state index contributed by atoms with van der Waals surface area (Å²) >= 11 is 0. The highest BCUT2D eigenvalue weighted by Gasteiger charge is 2.65. The summed E-state index contributed by atoms with van der Waals surface area (Å²) in [5.74, 6) is 0.0951. The quantitative estimate of drug-likeness (QED) is 0.418. The molecule has 2 bridgehead atoms. The summed E-state index contributed by atoms with van der Waals surface area (Å²) in [6.07, 6.45) is -3.69. The van der Waals surface area contributed by atoms with Crippen molar-refractivity contribution in [3.05, 3.63) is 35.4 Å². The fourth-order valence-corrected chi connectivity index (χ4v) is 6.81. The highest BCUT2D eigenvalue weighted by molar-refractivity contribution is 5.73. The maximum absolute atomic E-state index is 11.5. The fraction of sp³-hybridized carbons (Fsp3) is 0.625. The Kier molecular flexibility index (Phi) is 5.01. The second-order valence-electron chi connectivity index (χ2n) is 9.96. The number of methoxy groups -OCH3 is 1. The number of likely N-dealkylation sites (N-methyl/N-ethyl adjacent to an activating group) is 1. The van der Waals surface area contributed by atoms with E-state index < -0.39 is 48.9 Å². The minimum absolute atomic E-state index is 0.188.